The molecule has 4 heterocycles. The minimum atomic E-state index is 0.346. The molecule has 1 aliphatic carbocycles. The Morgan fingerprint density at radius 3 is 2.67 bits per heavy atom. The summed E-state index contributed by atoms with van der Waals surface area (Å²) in [6, 6.07) is 8.59. The maximum absolute atomic E-state index is 4.83. The summed E-state index contributed by atoms with van der Waals surface area (Å²) in [4.78, 5) is 6.43. The van der Waals surface area contributed by atoms with Crippen molar-refractivity contribution in [3.05, 3.63) is 48.0 Å². The average molecular weight is 363 g/mol. The number of anilines is 1. The molecule has 1 atom stereocenters. The molecule has 140 valence electrons. The largest absolute Gasteiger partial charge is 0.354 e. The average Bonchev–Trinajstić information content (AvgIpc) is 3.02. The van der Waals surface area contributed by atoms with Crippen molar-refractivity contribution in [1.82, 2.24) is 30.1 Å². The van der Waals surface area contributed by atoms with E-state index in [0.29, 0.717) is 17.9 Å². The molecular formula is C20H25N7. The van der Waals surface area contributed by atoms with Gasteiger partial charge in [0.1, 0.15) is 5.82 Å². The van der Waals surface area contributed by atoms with Crippen molar-refractivity contribution in [2.24, 2.45) is 5.92 Å². The van der Waals surface area contributed by atoms with Gasteiger partial charge in [-0.05, 0) is 49.6 Å². The highest BCUT2D eigenvalue weighted by molar-refractivity contribution is 5.47. The second-order valence-electron chi connectivity index (χ2n) is 7.83. The van der Waals surface area contributed by atoms with Crippen LogP contribution in [0.15, 0.2) is 36.7 Å². The lowest BCUT2D eigenvalue weighted by Gasteiger charge is -2.40. The van der Waals surface area contributed by atoms with Gasteiger partial charge < -0.3 is 10.2 Å². The molecule has 0 aromatic carbocycles. The Hall–Kier alpha value is -2.54. The predicted molar refractivity (Wildman–Crippen MR) is 104 cm³/mol. The Labute approximate surface area is 158 Å². The van der Waals surface area contributed by atoms with Gasteiger partial charge in [-0.25, -0.2) is 0 Å². The van der Waals surface area contributed by atoms with E-state index in [1.165, 1.54) is 24.8 Å². The lowest BCUT2D eigenvalue weighted by molar-refractivity contribution is 0.364. The molecule has 0 radical (unpaired) electrons. The van der Waals surface area contributed by atoms with Crippen LogP contribution in [0.4, 0.5) is 5.82 Å². The zero-order chi connectivity index (χ0) is 18.2. The number of rotatable bonds is 6. The molecule has 1 saturated carbocycles. The van der Waals surface area contributed by atoms with Crippen LogP contribution in [0, 0.1) is 5.92 Å². The van der Waals surface area contributed by atoms with Gasteiger partial charge in [0.05, 0.1) is 0 Å². The summed E-state index contributed by atoms with van der Waals surface area (Å²) >= 11 is 0. The van der Waals surface area contributed by atoms with Crippen LogP contribution >= 0.6 is 0 Å². The molecule has 1 unspecified atom stereocenters. The third-order valence-electron chi connectivity index (χ3n) is 5.94. The minimum absolute atomic E-state index is 0.346. The molecule has 7 heteroatoms. The van der Waals surface area contributed by atoms with Crippen molar-refractivity contribution in [2.75, 3.05) is 24.5 Å². The Bertz CT molecular complexity index is 912. The van der Waals surface area contributed by atoms with Crippen LogP contribution in [-0.2, 0) is 0 Å². The lowest BCUT2D eigenvalue weighted by Crippen LogP contribution is -2.51. The van der Waals surface area contributed by atoms with E-state index in [0.717, 1.165) is 36.9 Å². The van der Waals surface area contributed by atoms with Crippen LogP contribution in [0.1, 0.15) is 49.5 Å². The number of fused-ring (bicyclic) bond motifs is 1. The van der Waals surface area contributed by atoms with Crippen molar-refractivity contribution in [2.45, 2.75) is 38.1 Å². The van der Waals surface area contributed by atoms with Crippen LogP contribution in [0.25, 0.3) is 5.65 Å². The zero-order valence-corrected chi connectivity index (χ0v) is 15.6. The molecular weight excluding hydrogens is 338 g/mol. The van der Waals surface area contributed by atoms with E-state index in [9.17, 15) is 0 Å². The van der Waals surface area contributed by atoms with Gasteiger partial charge in [-0.1, -0.05) is 6.42 Å². The number of nitrogens with zero attached hydrogens (tertiary/aromatic N) is 6. The molecule has 0 amide bonds. The standard InChI is InChI=1S/C20H25N7/c1-14(16-7-9-21-10-8-16)22-11-15-12-26(13-15)19-6-5-18-23-24-20(27(18)25-19)17-3-2-4-17/h5-10,14-15,17,22H,2-4,11-13H2,1H3. The zero-order valence-electron chi connectivity index (χ0n) is 15.6. The second-order valence-corrected chi connectivity index (χ2v) is 7.83. The third-order valence-corrected chi connectivity index (χ3v) is 5.94. The van der Waals surface area contributed by atoms with E-state index in [2.05, 4.69) is 50.5 Å². The smallest absolute Gasteiger partial charge is 0.178 e. The van der Waals surface area contributed by atoms with Crippen LogP contribution in [-0.4, -0.2) is 44.4 Å². The maximum Gasteiger partial charge on any atom is 0.178 e. The fourth-order valence-corrected chi connectivity index (χ4v) is 3.88. The molecule has 7 nitrogen and oxygen atoms in total. The summed E-state index contributed by atoms with van der Waals surface area (Å²) < 4.78 is 1.95. The maximum atomic E-state index is 4.83. The molecule has 1 N–H and O–H groups in total. The normalized spacial score (nSPS) is 19.1. The quantitative estimate of drug-likeness (QED) is 0.726. The van der Waals surface area contributed by atoms with E-state index in [4.69, 9.17) is 5.10 Å². The molecule has 5 rings (SSSR count). The molecule has 1 saturated heterocycles. The van der Waals surface area contributed by atoms with Crippen molar-refractivity contribution < 1.29 is 0 Å². The highest BCUT2D eigenvalue weighted by Gasteiger charge is 2.29. The predicted octanol–water partition coefficient (Wildman–Crippen LogP) is 2.57. The molecule has 3 aromatic heterocycles. The Morgan fingerprint density at radius 2 is 1.93 bits per heavy atom. The molecule has 27 heavy (non-hydrogen) atoms. The Balaban J connectivity index is 1.19. The molecule has 0 spiro atoms. The van der Waals surface area contributed by atoms with Gasteiger partial charge in [-0.3, -0.25) is 4.98 Å². The van der Waals surface area contributed by atoms with E-state index in [1.54, 1.807) is 0 Å². The Kier molecular flexibility index (Phi) is 4.24. The molecule has 1 aliphatic heterocycles. The van der Waals surface area contributed by atoms with Gasteiger partial charge in [-0.15, -0.1) is 15.3 Å². The fraction of sp³-hybridized carbons (Fsp3) is 0.500. The van der Waals surface area contributed by atoms with Crippen LogP contribution in [0.5, 0.6) is 0 Å². The summed E-state index contributed by atoms with van der Waals surface area (Å²) in [5, 5.41) is 17.1. The highest BCUT2D eigenvalue weighted by Crippen LogP contribution is 2.35. The first-order valence-corrected chi connectivity index (χ1v) is 9.88. The summed E-state index contributed by atoms with van der Waals surface area (Å²) in [7, 11) is 0. The molecule has 2 fully saturated rings. The van der Waals surface area contributed by atoms with Crippen molar-refractivity contribution in [3.63, 3.8) is 0 Å². The molecule has 2 aliphatic rings. The highest BCUT2D eigenvalue weighted by atomic mass is 15.4. The van der Waals surface area contributed by atoms with Gasteiger partial charge in [-0.2, -0.15) is 4.52 Å². The van der Waals surface area contributed by atoms with Crippen molar-refractivity contribution in [1.29, 1.82) is 0 Å². The first-order chi connectivity index (χ1) is 13.3. The Morgan fingerprint density at radius 1 is 1.11 bits per heavy atom. The van der Waals surface area contributed by atoms with Crippen molar-refractivity contribution >= 4 is 11.5 Å². The van der Waals surface area contributed by atoms with Gasteiger partial charge in [0.25, 0.3) is 0 Å². The molecule has 3 aromatic rings. The summed E-state index contributed by atoms with van der Waals surface area (Å²) in [5.41, 5.74) is 2.13. The van der Waals surface area contributed by atoms with E-state index >= 15 is 0 Å². The van der Waals surface area contributed by atoms with Gasteiger partial charge >= 0.3 is 0 Å². The fourth-order valence-electron chi connectivity index (χ4n) is 3.88. The van der Waals surface area contributed by atoms with Gasteiger partial charge in [0.15, 0.2) is 11.5 Å². The van der Waals surface area contributed by atoms with E-state index in [-0.39, 0.29) is 0 Å². The SMILES string of the molecule is CC(NCC1CN(c2ccc3nnc(C4CCC4)n3n2)C1)c1ccncc1. The van der Waals surface area contributed by atoms with Crippen molar-refractivity contribution in [3.8, 4) is 0 Å². The molecule has 0 bridgehead atoms. The summed E-state index contributed by atoms with van der Waals surface area (Å²) in [5.74, 6) is 3.24. The second kappa shape index (κ2) is 6.88. The van der Waals surface area contributed by atoms with Gasteiger partial charge in [0.2, 0.25) is 0 Å². The van der Waals surface area contributed by atoms with E-state index < -0.39 is 0 Å². The lowest BCUT2D eigenvalue weighted by atomic mass is 9.85. The number of hydrogen-bond acceptors (Lipinski definition) is 6. The first-order valence-electron chi connectivity index (χ1n) is 9.88. The van der Waals surface area contributed by atoms with Crippen LogP contribution < -0.4 is 10.2 Å². The van der Waals surface area contributed by atoms with Crippen LogP contribution in [0.3, 0.4) is 0 Å². The summed E-state index contributed by atoms with van der Waals surface area (Å²) in [6.07, 6.45) is 7.41. The third kappa shape index (κ3) is 3.16. The monoisotopic (exact) mass is 363 g/mol. The number of pyridine rings is 1. The van der Waals surface area contributed by atoms with E-state index in [1.807, 2.05) is 23.0 Å². The number of nitrogens with one attached hydrogen (secondary N) is 1. The van der Waals surface area contributed by atoms with Gasteiger partial charge in [0, 0.05) is 49.9 Å². The minimum Gasteiger partial charge on any atom is -0.354 e. The van der Waals surface area contributed by atoms with Crippen LogP contribution in [0.2, 0.25) is 0 Å². The topological polar surface area (TPSA) is 71.2 Å². The number of hydrogen-bond donors (Lipinski definition) is 1. The number of aromatic nitrogens is 5. The summed E-state index contributed by atoms with van der Waals surface area (Å²) in [6.45, 7) is 5.29. The first kappa shape index (κ1) is 16.6.